The van der Waals surface area contributed by atoms with Crippen molar-refractivity contribution in [3.8, 4) is 0 Å². The van der Waals surface area contributed by atoms with Gasteiger partial charge >= 0.3 is 0 Å². The molecule has 1 unspecified atom stereocenters. The number of halogens is 1. The molecule has 2 aromatic carbocycles. The Morgan fingerprint density at radius 1 is 1.19 bits per heavy atom. The number of aromatic nitrogens is 2. The highest BCUT2D eigenvalue weighted by molar-refractivity contribution is 7.71. The Balaban J connectivity index is 1.98. The van der Waals surface area contributed by atoms with Crippen molar-refractivity contribution in [1.29, 1.82) is 0 Å². The van der Waals surface area contributed by atoms with Gasteiger partial charge in [-0.05, 0) is 60.8 Å². The molecule has 1 aliphatic rings. The molecule has 0 aliphatic heterocycles. The van der Waals surface area contributed by atoms with E-state index in [1.165, 1.54) is 17.2 Å². The Morgan fingerprint density at radius 3 is 2.95 bits per heavy atom. The van der Waals surface area contributed by atoms with Crippen molar-refractivity contribution >= 4 is 23.3 Å². The Kier molecular flexibility index (Phi) is 2.93. The van der Waals surface area contributed by atoms with Gasteiger partial charge in [-0.1, -0.05) is 24.3 Å². The smallest absolute Gasteiger partial charge is 0.178 e. The van der Waals surface area contributed by atoms with Gasteiger partial charge in [-0.25, -0.2) is 4.39 Å². The first-order chi connectivity index (χ1) is 10.2. The molecule has 4 rings (SSSR count). The molecule has 2 nitrogen and oxygen atoms in total. The molecular weight excluding hydrogens is 283 g/mol. The monoisotopic (exact) mass is 298 g/mol. The van der Waals surface area contributed by atoms with Crippen molar-refractivity contribution in [2.24, 2.45) is 0 Å². The summed E-state index contributed by atoms with van der Waals surface area (Å²) >= 11 is 5.49. The number of benzene rings is 2. The van der Waals surface area contributed by atoms with E-state index < -0.39 is 0 Å². The van der Waals surface area contributed by atoms with E-state index in [9.17, 15) is 4.39 Å². The van der Waals surface area contributed by atoms with E-state index in [-0.39, 0.29) is 11.9 Å². The number of imidazole rings is 1. The minimum atomic E-state index is -0.227. The fraction of sp³-hybridized carbons (Fsp3) is 0.235. The highest BCUT2D eigenvalue weighted by Crippen LogP contribution is 2.35. The van der Waals surface area contributed by atoms with Crippen LogP contribution >= 0.6 is 12.2 Å². The molecule has 0 amide bonds. The average molecular weight is 298 g/mol. The van der Waals surface area contributed by atoms with Gasteiger partial charge in [0.1, 0.15) is 5.82 Å². The quantitative estimate of drug-likeness (QED) is 0.642. The van der Waals surface area contributed by atoms with Gasteiger partial charge in [-0.2, -0.15) is 0 Å². The summed E-state index contributed by atoms with van der Waals surface area (Å²) in [5.41, 5.74) is 4.43. The molecule has 1 heterocycles. The van der Waals surface area contributed by atoms with E-state index in [4.69, 9.17) is 12.2 Å². The number of nitrogens with one attached hydrogen (secondary N) is 1. The minimum absolute atomic E-state index is 0.193. The summed E-state index contributed by atoms with van der Waals surface area (Å²) in [6.45, 7) is 0. The van der Waals surface area contributed by atoms with Crippen molar-refractivity contribution in [2.75, 3.05) is 0 Å². The van der Waals surface area contributed by atoms with Gasteiger partial charge in [-0.3, -0.25) is 0 Å². The number of nitrogens with zero attached hydrogens (tertiary/aromatic N) is 1. The molecular formula is C17H15FN2S. The lowest BCUT2D eigenvalue weighted by molar-refractivity contribution is 0.495. The Labute approximate surface area is 127 Å². The molecule has 106 valence electrons. The number of hydrogen-bond acceptors (Lipinski definition) is 1. The lowest BCUT2D eigenvalue weighted by atomic mass is 9.87. The van der Waals surface area contributed by atoms with Crippen molar-refractivity contribution in [3.05, 3.63) is 64.2 Å². The molecule has 0 radical (unpaired) electrons. The molecule has 0 fully saturated rings. The summed E-state index contributed by atoms with van der Waals surface area (Å²) in [6, 6.07) is 13.5. The second kappa shape index (κ2) is 4.81. The summed E-state index contributed by atoms with van der Waals surface area (Å²) in [6.07, 6.45) is 3.27. The molecule has 1 atom stereocenters. The molecule has 1 aromatic heterocycles. The van der Waals surface area contributed by atoms with Crippen molar-refractivity contribution < 1.29 is 4.39 Å². The number of aryl methyl sites for hydroxylation is 1. The van der Waals surface area contributed by atoms with Crippen LogP contribution in [0, 0.1) is 10.6 Å². The molecule has 0 saturated carbocycles. The first-order valence-corrected chi connectivity index (χ1v) is 7.62. The summed E-state index contributed by atoms with van der Waals surface area (Å²) in [5.74, 6) is -0.227. The Bertz CT molecular complexity index is 878. The Hall–Kier alpha value is -1.94. The third-order valence-electron chi connectivity index (χ3n) is 4.33. The molecule has 3 aromatic rings. The Morgan fingerprint density at radius 2 is 2.05 bits per heavy atom. The van der Waals surface area contributed by atoms with Gasteiger partial charge in [0.25, 0.3) is 0 Å². The summed E-state index contributed by atoms with van der Waals surface area (Å²) < 4.78 is 16.4. The highest BCUT2D eigenvalue weighted by Gasteiger charge is 2.23. The zero-order valence-corrected chi connectivity index (χ0v) is 12.3. The van der Waals surface area contributed by atoms with Gasteiger partial charge in [0, 0.05) is 0 Å². The maximum absolute atomic E-state index is 13.6. The van der Waals surface area contributed by atoms with Gasteiger partial charge in [0.05, 0.1) is 17.1 Å². The predicted octanol–water partition coefficient (Wildman–Crippen LogP) is 4.76. The van der Waals surface area contributed by atoms with Gasteiger partial charge in [0.15, 0.2) is 4.77 Å². The van der Waals surface area contributed by atoms with Crippen LogP contribution in [0.15, 0.2) is 42.5 Å². The normalized spacial score (nSPS) is 17.9. The van der Waals surface area contributed by atoms with Crippen LogP contribution in [-0.2, 0) is 6.42 Å². The van der Waals surface area contributed by atoms with Crippen LogP contribution in [0.3, 0.4) is 0 Å². The van der Waals surface area contributed by atoms with E-state index in [2.05, 4.69) is 33.8 Å². The van der Waals surface area contributed by atoms with E-state index in [0.717, 1.165) is 30.3 Å². The first-order valence-electron chi connectivity index (χ1n) is 7.21. The summed E-state index contributed by atoms with van der Waals surface area (Å²) in [5, 5.41) is 0. The molecule has 1 N–H and O–H groups in total. The molecule has 0 bridgehead atoms. The molecule has 0 spiro atoms. The maximum Gasteiger partial charge on any atom is 0.178 e. The zero-order valence-electron chi connectivity index (χ0n) is 11.5. The van der Waals surface area contributed by atoms with E-state index in [1.54, 1.807) is 12.1 Å². The topological polar surface area (TPSA) is 20.7 Å². The predicted molar refractivity (Wildman–Crippen MR) is 84.6 cm³/mol. The molecule has 0 saturated heterocycles. The molecule has 1 aliphatic carbocycles. The average Bonchev–Trinajstić information content (AvgIpc) is 2.82. The van der Waals surface area contributed by atoms with Crippen molar-refractivity contribution in [2.45, 2.75) is 25.3 Å². The fourth-order valence-electron chi connectivity index (χ4n) is 3.40. The molecule has 4 heteroatoms. The van der Waals surface area contributed by atoms with Crippen LogP contribution < -0.4 is 0 Å². The number of fused-ring (bicyclic) bond motifs is 2. The van der Waals surface area contributed by atoms with Crippen molar-refractivity contribution in [1.82, 2.24) is 9.55 Å². The summed E-state index contributed by atoms with van der Waals surface area (Å²) in [7, 11) is 0. The third-order valence-corrected chi connectivity index (χ3v) is 4.63. The largest absolute Gasteiger partial charge is 0.331 e. The number of aromatic amines is 1. The standard InChI is InChI=1S/C17H15FN2S/c18-12-8-9-14-16(10-12)20(17(21)19-14)15-7-3-5-11-4-1-2-6-13(11)15/h1-2,4,6,8-10,15H,3,5,7H2,(H,19,21). The van der Waals surface area contributed by atoms with E-state index >= 15 is 0 Å². The van der Waals surface area contributed by atoms with Crippen LogP contribution in [0.5, 0.6) is 0 Å². The third kappa shape index (κ3) is 2.02. The van der Waals surface area contributed by atoms with Crippen LogP contribution in [0.2, 0.25) is 0 Å². The second-order valence-corrected chi connectivity index (χ2v) is 5.96. The number of rotatable bonds is 1. The van der Waals surface area contributed by atoms with Gasteiger partial charge in [0.2, 0.25) is 0 Å². The summed E-state index contributed by atoms with van der Waals surface area (Å²) in [4.78, 5) is 3.19. The first kappa shape index (κ1) is 12.8. The van der Waals surface area contributed by atoms with Crippen LogP contribution in [0.25, 0.3) is 11.0 Å². The van der Waals surface area contributed by atoms with Crippen LogP contribution in [0.1, 0.15) is 30.0 Å². The lowest BCUT2D eigenvalue weighted by Gasteiger charge is -2.27. The second-order valence-electron chi connectivity index (χ2n) is 5.57. The SMILES string of the molecule is Fc1ccc2[nH]c(=S)n(C3CCCc4ccccc43)c2c1. The molecule has 21 heavy (non-hydrogen) atoms. The maximum atomic E-state index is 13.6. The van der Waals surface area contributed by atoms with Crippen LogP contribution in [-0.4, -0.2) is 9.55 Å². The fourth-order valence-corrected chi connectivity index (χ4v) is 3.74. The van der Waals surface area contributed by atoms with Gasteiger partial charge < -0.3 is 9.55 Å². The van der Waals surface area contributed by atoms with Crippen LogP contribution in [0.4, 0.5) is 4.39 Å². The van der Waals surface area contributed by atoms with Crippen molar-refractivity contribution in [3.63, 3.8) is 0 Å². The van der Waals surface area contributed by atoms with E-state index in [1.807, 2.05) is 0 Å². The number of hydrogen-bond donors (Lipinski definition) is 1. The number of H-pyrrole nitrogens is 1. The zero-order chi connectivity index (χ0) is 14.4. The highest BCUT2D eigenvalue weighted by atomic mass is 32.1. The van der Waals surface area contributed by atoms with E-state index in [0.29, 0.717) is 4.77 Å². The lowest BCUT2D eigenvalue weighted by Crippen LogP contribution is -2.17. The van der Waals surface area contributed by atoms with Gasteiger partial charge in [-0.15, -0.1) is 0 Å². The minimum Gasteiger partial charge on any atom is -0.331 e.